The van der Waals surface area contributed by atoms with Gasteiger partial charge in [-0.15, -0.1) is 0 Å². The number of hydrogen-bond acceptors (Lipinski definition) is 2. The van der Waals surface area contributed by atoms with Gasteiger partial charge in [0, 0.05) is 19.6 Å². The number of amides is 1. The fourth-order valence-corrected chi connectivity index (χ4v) is 3.84. The van der Waals surface area contributed by atoms with Crippen LogP contribution in [0.25, 0.3) is 0 Å². The molecule has 18 heavy (non-hydrogen) atoms. The van der Waals surface area contributed by atoms with Crippen molar-refractivity contribution in [3.8, 4) is 0 Å². The molecule has 0 aromatic carbocycles. The van der Waals surface area contributed by atoms with Crippen molar-refractivity contribution in [2.75, 3.05) is 19.6 Å². The molecule has 3 nitrogen and oxygen atoms in total. The topological polar surface area (TPSA) is 46.3 Å². The van der Waals surface area contributed by atoms with E-state index < -0.39 is 0 Å². The maximum atomic E-state index is 12.7. The number of carbonyl (C=O) groups excluding carboxylic acids is 1. The van der Waals surface area contributed by atoms with Gasteiger partial charge >= 0.3 is 0 Å². The van der Waals surface area contributed by atoms with E-state index in [0.29, 0.717) is 12.5 Å². The van der Waals surface area contributed by atoms with E-state index in [1.165, 1.54) is 25.7 Å². The first kappa shape index (κ1) is 13.9. The minimum Gasteiger partial charge on any atom is -0.342 e. The van der Waals surface area contributed by atoms with Crippen LogP contribution >= 0.6 is 0 Å². The summed E-state index contributed by atoms with van der Waals surface area (Å²) in [6, 6.07) is 0. The first-order valence-corrected chi connectivity index (χ1v) is 7.66. The highest BCUT2D eigenvalue weighted by Gasteiger charge is 2.43. The second-order valence-corrected chi connectivity index (χ2v) is 6.21. The van der Waals surface area contributed by atoms with Gasteiger partial charge in [-0.1, -0.05) is 26.7 Å². The minimum absolute atomic E-state index is 0.298. The van der Waals surface area contributed by atoms with Crippen molar-refractivity contribution in [3.05, 3.63) is 0 Å². The van der Waals surface area contributed by atoms with Crippen LogP contribution in [-0.2, 0) is 4.79 Å². The lowest BCUT2D eigenvalue weighted by atomic mass is 9.81. The molecule has 0 radical (unpaired) electrons. The second-order valence-electron chi connectivity index (χ2n) is 6.21. The molecule has 2 aliphatic rings. The lowest BCUT2D eigenvalue weighted by Crippen LogP contribution is -2.46. The van der Waals surface area contributed by atoms with Gasteiger partial charge in [-0.25, -0.2) is 0 Å². The molecule has 2 fully saturated rings. The van der Waals surface area contributed by atoms with Crippen LogP contribution in [0.2, 0.25) is 0 Å². The van der Waals surface area contributed by atoms with Crippen LogP contribution in [0.4, 0.5) is 0 Å². The van der Waals surface area contributed by atoms with E-state index in [1.54, 1.807) is 0 Å². The Kier molecular flexibility index (Phi) is 4.31. The van der Waals surface area contributed by atoms with Gasteiger partial charge in [0.1, 0.15) is 0 Å². The molecule has 1 saturated heterocycles. The summed E-state index contributed by atoms with van der Waals surface area (Å²) in [5.74, 6) is 1.86. The average Bonchev–Trinajstić information content (AvgIpc) is 2.85. The highest BCUT2D eigenvalue weighted by atomic mass is 16.2. The van der Waals surface area contributed by atoms with Crippen LogP contribution in [0.5, 0.6) is 0 Å². The maximum Gasteiger partial charge on any atom is 0.230 e. The largest absolute Gasteiger partial charge is 0.342 e. The Morgan fingerprint density at radius 1 is 1.17 bits per heavy atom. The normalized spacial score (nSPS) is 28.3. The van der Waals surface area contributed by atoms with Gasteiger partial charge in [0.2, 0.25) is 5.91 Å². The molecule has 0 unspecified atom stereocenters. The first-order chi connectivity index (χ1) is 8.66. The Hall–Kier alpha value is -0.570. The highest BCUT2D eigenvalue weighted by Crippen LogP contribution is 2.38. The molecule has 0 spiro atoms. The van der Waals surface area contributed by atoms with E-state index in [1.807, 2.05) is 0 Å². The van der Waals surface area contributed by atoms with Crippen molar-refractivity contribution >= 4 is 5.91 Å². The van der Waals surface area contributed by atoms with E-state index in [4.69, 9.17) is 5.73 Å². The van der Waals surface area contributed by atoms with E-state index in [2.05, 4.69) is 18.7 Å². The molecular formula is C15H28N2O. The van der Waals surface area contributed by atoms with E-state index in [9.17, 15) is 4.79 Å². The Balaban J connectivity index is 2.05. The molecule has 104 valence electrons. The predicted molar refractivity (Wildman–Crippen MR) is 74.1 cm³/mol. The van der Waals surface area contributed by atoms with Crippen LogP contribution in [0.1, 0.15) is 52.4 Å². The van der Waals surface area contributed by atoms with Gasteiger partial charge in [0.15, 0.2) is 0 Å². The van der Waals surface area contributed by atoms with Gasteiger partial charge in [0.25, 0.3) is 0 Å². The fraction of sp³-hybridized carbons (Fsp3) is 0.933. The number of fused-ring (bicyclic) bond motifs is 1. The Labute approximate surface area is 111 Å². The SMILES string of the molecule is CCC(CC)(CN)C(=O)N1C[C@H]2CCCC[C@H]2C1. The van der Waals surface area contributed by atoms with Crippen LogP contribution in [0, 0.1) is 17.3 Å². The number of nitrogens with two attached hydrogens (primary N) is 1. The van der Waals surface area contributed by atoms with Crippen molar-refractivity contribution < 1.29 is 4.79 Å². The van der Waals surface area contributed by atoms with E-state index >= 15 is 0 Å². The molecule has 0 aromatic heterocycles. The molecule has 2 atom stereocenters. The van der Waals surface area contributed by atoms with E-state index in [0.717, 1.165) is 37.8 Å². The van der Waals surface area contributed by atoms with Crippen LogP contribution in [0.3, 0.4) is 0 Å². The molecule has 1 saturated carbocycles. The third-order valence-corrected chi connectivity index (χ3v) is 5.46. The summed E-state index contributed by atoms with van der Waals surface area (Å²) in [5.41, 5.74) is 5.60. The monoisotopic (exact) mass is 252 g/mol. The zero-order valence-corrected chi connectivity index (χ0v) is 12.0. The summed E-state index contributed by atoms with van der Waals surface area (Å²) in [5, 5.41) is 0. The molecule has 1 amide bonds. The van der Waals surface area contributed by atoms with Gasteiger partial charge in [0.05, 0.1) is 5.41 Å². The van der Waals surface area contributed by atoms with Crippen molar-refractivity contribution in [2.45, 2.75) is 52.4 Å². The smallest absolute Gasteiger partial charge is 0.230 e. The first-order valence-electron chi connectivity index (χ1n) is 7.66. The van der Waals surface area contributed by atoms with Gasteiger partial charge < -0.3 is 10.6 Å². The Bertz CT molecular complexity index is 277. The molecule has 1 heterocycles. The summed E-state index contributed by atoms with van der Waals surface area (Å²) >= 11 is 0. The van der Waals surface area contributed by atoms with Crippen LogP contribution in [0.15, 0.2) is 0 Å². The van der Waals surface area contributed by atoms with Gasteiger partial charge in [-0.05, 0) is 37.5 Å². The summed E-state index contributed by atoms with van der Waals surface area (Å²) in [6.07, 6.45) is 7.08. The lowest BCUT2D eigenvalue weighted by Gasteiger charge is -2.33. The summed E-state index contributed by atoms with van der Waals surface area (Å²) in [7, 11) is 0. The number of nitrogens with zero attached hydrogens (tertiary/aromatic N) is 1. The van der Waals surface area contributed by atoms with Crippen LogP contribution < -0.4 is 5.73 Å². The van der Waals surface area contributed by atoms with Gasteiger partial charge in [-0.3, -0.25) is 4.79 Å². The summed E-state index contributed by atoms with van der Waals surface area (Å²) < 4.78 is 0. The predicted octanol–water partition coefficient (Wildman–Crippen LogP) is 2.40. The third-order valence-electron chi connectivity index (χ3n) is 5.46. The molecule has 2 N–H and O–H groups in total. The third kappa shape index (κ3) is 2.29. The zero-order valence-electron chi connectivity index (χ0n) is 12.0. The van der Waals surface area contributed by atoms with Crippen molar-refractivity contribution in [3.63, 3.8) is 0 Å². The Morgan fingerprint density at radius 3 is 2.06 bits per heavy atom. The van der Waals surface area contributed by atoms with Crippen molar-refractivity contribution in [2.24, 2.45) is 23.0 Å². The molecular weight excluding hydrogens is 224 g/mol. The number of likely N-dealkylation sites (tertiary alicyclic amines) is 1. The average molecular weight is 252 g/mol. The second kappa shape index (κ2) is 5.60. The highest BCUT2D eigenvalue weighted by molar-refractivity contribution is 5.83. The Morgan fingerprint density at radius 2 is 1.67 bits per heavy atom. The van der Waals surface area contributed by atoms with E-state index in [-0.39, 0.29) is 5.41 Å². The molecule has 1 aliphatic carbocycles. The minimum atomic E-state index is -0.298. The summed E-state index contributed by atoms with van der Waals surface area (Å²) in [4.78, 5) is 14.9. The van der Waals surface area contributed by atoms with Crippen molar-refractivity contribution in [1.82, 2.24) is 4.90 Å². The molecule has 1 aliphatic heterocycles. The standard InChI is InChI=1S/C15H28N2O/c1-3-15(4-2,11-16)14(18)17-9-12-7-5-6-8-13(12)10-17/h12-13H,3-11,16H2,1-2H3/t12-,13+. The molecule has 0 aromatic rings. The zero-order chi connectivity index (χ0) is 13.2. The maximum absolute atomic E-state index is 12.7. The van der Waals surface area contributed by atoms with Crippen molar-refractivity contribution in [1.29, 1.82) is 0 Å². The number of rotatable bonds is 4. The molecule has 0 bridgehead atoms. The summed E-state index contributed by atoms with van der Waals surface area (Å²) in [6.45, 7) is 6.66. The number of carbonyl (C=O) groups is 1. The van der Waals surface area contributed by atoms with Gasteiger partial charge in [-0.2, -0.15) is 0 Å². The molecule has 2 rings (SSSR count). The molecule has 3 heteroatoms. The fourth-order valence-electron chi connectivity index (χ4n) is 3.84. The quantitative estimate of drug-likeness (QED) is 0.835. The lowest BCUT2D eigenvalue weighted by molar-refractivity contribution is -0.141. The van der Waals surface area contributed by atoms with Crippen LogP contribution in [-0.4, -0.2) is 30.4 Å². The number of hydrogen-bond donors (Lipinski definition) is 1.